The van der Waals surface area contributed by atoms with E-state index in [1.807, 2.05) is 31.2 Å². The Morgan fingerprint density at radius 1 is 0.968 bits per heavy atom. The van der Waals surface area contributed by atoms with Crippen molar-refractivity contribution in [1.29, 1.82) is 0 Å². The maximum absolute atomic E-state index is 12.8. The average Bonchev–Trinajstić information content (AvgIpc) is 2.99. The summed E-state index contributed by atoms with van der Waals surface area (Å²) in [5.41, 5.74) is 2.58. The standard InChI is InChI=1S/C24H26N2O5/c1-15(2)21(26-22(28)18-11-7-8-12-19(18)23(26)29)24(30)31-14-20(27)25(4)13-17-10-6-5-9-16(17)3/h5-12,15,21H,13-14H2,1-4H3/t21-/m1/s1. The lowest BCUT2D eigenvalue weighted by Crippen LogP contribution is -2.49. The van der Waals surface area contributed by atoms with Crippen LogP contribution < -0.4 is 0 Å². The molecular formula is C24H26N2O5. The van der Waals surface area contributed by atoms with Crippen LogP contribution in [0.25, 0.3) is 0 Å². The fourth-order valence-corrected chi connectivity index (χ4v) is 3.60. The topological polar surface area (TPSA) is 84.0 Å². The summed E-state index contributed by atoms with van der Waals surface area (Å²) in [6, 6.07) is 13.1. The normalized spacial score (nSPS) is 13.9. The summed E-state index contributed by atoms with van der Waals surface area (Å²) in [6.07, 6.45) is 0. The van der Waals surface area contributed by atoms with E-state index in [2.05, 4.69) is 0 Å². The number of carbonyl (C=O) groups excluding carboxylic acids is 4. The van der Waals surface area contributed by atoms with Crippen LogP contribution in [0.3, 0.4) is 0 Å². The second-order valence-electron chi connectivity index (χ2n) is 8.00. The van der Waals surface area contributed by atoms with Crippen LogP contribution in [0, 0.1) is 12.8 Å². The predicted octanol–water partition coefficient (Wildman–Crippen LogP) is 2.82. The molecule has 0 aromatic heterocycles. The molecule has 0 fully saturated rings. The molecule has 31 heavy (non-hydrogen) atoms. The number of esters is 1. The molecule has 162 valence electrons. The summed E-state index contributed by atoms with van der Waals surface area (Å²) in [5.74, 6) is -2.59. The SMILES string of the molecule is Cc1ccccc1CN(C)C(=O)COC(=O)[C@@H](C(C)C)N1C(=O)c2ccccc2C1=O. The molecule has 0 unspecified atom stereocenters. The van der Waals surface area contributed by atoms with Gasteiger partial charge in [0.2, 0.25) is 0 Å². The van der Waals surface area contributed by atoms with E-state index in [1.165, 1.54) is 4.90 Å². The van der Waals surface area contributed by atoms with Crippen molar-refractivity contribution in [2.24, 2.45) is 5.92 Å². The Kier molecular flexibility index (Phi) is 6.53. The molecule has 0 bridgehead atoms. The van der Waals surface area contributed by atoms with E-state index in [4.69, 9.17) is 4.74 Å². The minimum absolute atomic E-state index is 0.264. The highest BCUT2D eigenvalue weighted by molar-refractivity contribution is 6.22. The largest absolute Gasteiger partial charge is 0.454 e. The third kappa shape index (κ3) is 4.50. The van der Waals surface area contributed by atoms with E-state index in [0.29, 0.717) is 6.54 Å². The molecule has 3 rings (SSSR count). The lowest BCUT2D eigenvalue weighted by molar-refractivity contribution is -0.156. The van der Waals surface area contributed by atoms with Gasteiger partial charge in [-0.2, -0.15) is 0 Å². The molecule has 1 aliphatic heterocycles. The molecule has 3 amide bonds. The van der Waals surface area contributed by atoms with Gasteiger partial charge in [0.15, 0.2) is 6.61 Å². The fourth-order valence-electron chi connectivity index (χ4n) is 3.60. The van der Waals surface area contributed by atoms with E-state index in [1.54, 1.807) is 45.2 Å². The highest BCUT2D eigenvalue weighted by atomic mass is 16.5. The van der Waals surface area contributed by atoms with Crippen molar-refractivity contribution >= 4 is 23.7 Å². The number of likely N-dealkylation sites (N-methyl/N-ethyl adjacent to an activating group) is 1. The van der Waals surface area contributed by atoms with Gasteiger partial charge in [0.1, 0.15) is 6.04 Å². The average molecular weight is 422 g/mol. The van der Waals surface area contributed by atoms with Crippen LogP contribution in [-0.4, -0.2) is 53.2 Å². The molecule has 2 aromatic carbocycles. The Balaban J connectivity index is 1.67. The Bertz CT molecular complexity index is 995. The van der Waals surface area contributed by atoms with Gasteiger partial charge in [-0.15, -0.1) is 0 Å². The summed E-state index contributed by atoms with van der Waals surface area (Å²) in [4.78, 5) is 53.2. The van der Waals surface area contributed by atoms with Gasteiger partial charge in [0.25, 0.3) is 17.7 Å². The number of imide groups is 1. The monoisotopic (exact) mass is 422 g/mol. The van der Waals surface area contributed by atoms with Crippen molar-refractivity contribution in [2.75, 3.05) is 13.7 Å². The Morgan fingerprint density at radius 3 is 2.06 bits per heavy atom. The molecule has 0 radical (unpaired) electrons. The van der Waals surface area contributed by atoms with E-state index < -0.39 is 30.4 Å². The molecule has 0 N–H and O–H groups in total. The van der Waals surface area contributed by atoms with Crippen LogP contribution in [-0.2, 0) is 20.9 Å². The van der Waals surface area contributed by atoms with Crippen LogP contribution in [0.2, 0.25) is 0 Å². The van der Waals surface area contributed by atoms with E-state index in [0.717, 1.165) is 16.0 Å². The first-order valence-electron chi connectivity index (χ1n) is 10.1. The smallest absolute Gasteiger partial charge is 0.330 e. The molecule has 7 nitrogen and oxygen atoms in total. The lowest BCUT2D eigenvalue weighted by Gasteiger charge is -2.27. The number of nitrogens with zero attached hydrogens (tertiary/aromatic N) is 2. The highest BCUT2D eigenvalue weighted by Gasteiger charge is 2.44. The number of amides is 3. The van der Waals surface area contributed by atoms with Crippen LogP contribution in [0.1, 0.15) is 45.7 Å². The van der Waals surface area contributed by atoms with Gasteiger partial charge in [0, 0.05) is 13.6 Å². The summed E-state index contributed by atoms with van der Waals surface area (Å²) < 4.78 is 5.25. The summed E-state index contributed by atoms with van der Waals surface area (Å²) >= 11 is 0. The quantitative estimate of drug-likeness (QED) is 0.506. The first kappa shape index (κ1) is 22.2. The van der Waals surface area contributed by atoms with Gasteiger partial charge < -0.3 is 9.64 Å². The Morgan fingerprint density at radius 2 is 1.52 bits per heavy atom. The van der Waals surface area contributed by atoms with Crippen LogP contribution >= 0.6 is 0 Å². The highest BCUT2D eigenvalue weighted by Crippen LogP contribution is 2.27. The van der Waals surface area contributed by atoms with Crippen molar-refractivity contribution in [3.63, 3.8) is 0 Å². The molecule has 0 saturated carbocycles. The van der Waals surface area contributed by atoms with Crippen molar-refractivity contribution in [3.05, 3.63) is 70.8 Å². The number of benzene rings is 2. The molecular weight excluding hydrogens is 396 g/mol. The molecule has 1 aliphatic rings. The van der Waals surface area contributed by atoms with Gasteiger partial charge >= 0.3 is 5.97 Å². The first-order chi connectivity index (χ1) is 14.7. The van der Waals surface area contributed by atoms with Crippen molar-refractivity contribution in [3.8, 4) is 0 Å². The minimum atomic E-state index is -1.11. The molecule has 1 atom stereocenters. The third-order valence-electron chi connectivity index (χ3n) is 5.41. The van der Waals surface area contributed by atoms with E-state index in [9.17, 15) is 19.2 Å². The number of hydrogen-bond donors (Lipinski definition) is 0. The van der Waals surface area contributed by atoms with Gasteiger partial charge in [-0.1, -0.05) is 50.2 Å². The van der Waals surface area contributed by atoms with Gasteiger partial charge in [-0.05, 0) is 36.1 Å². The number of hydrogen-bond acceptors (Lipinski definition) is 5. The summed E-state index contributed by atoms with van der Waals surface area (Å²) in [7, 11) is 1.63. The van der Waals surface area contributed by atoms with Crippen LogP contribution in [0.15, 0.2) is 48.5 Å². The molecule has 7 heteroatoms. The third-order valence-corrected chi connectivity index (χ3v) is 5.41. The van der Waals surface area contributed by atoms with E-state index in [-0.39, 0.29) is 23.0 Å². The maximum atomic E-state index is 12.8. The number of aryl methyl sites for hydroxylation is 1. The maximum Gasteiger partial charge on any atom is 0.330 e. The van der Waals surface area contributed by atoms with Crippen molar-refractivity contribution < 1.29 is 23.9 Å². The van der Waals surface area contributed by atoms with Crippen LogP contribution in [0.5, 0.6) is 0 Å². The first-order valence-corrected chi connectivity index (χ1v) is 10.1. The lowest BCUT2D eigenvalue weighted by atomic mass is 10.0. The number of carbonyl (C=O) groups is 4. The molecule has 0 spiro atoms. The predicted molar refractivity (Wildman–Crippen MR) is 114 cm³/mol. The zero-order valence-corrected chi connectivity index (χ0v) is 18.1. The summed E-state index contributed by atoms with van der Waals surface area (Å²) in [6.45, 7) is 5.33. The van der Waals surface area contributed by atoms with Crippen molar-refractivity contribution in [2.45, 2.75) is 33.4 Å². The summed E-state index contributed by atoms with van der Waals surface area (Å²) in [5, 5.41) is 0. The zero-order chi connectivity index (χ0) is 22.7. The van der Waals surface area contributed by atoms with Gasteiger partial charge in [0.05, 0.1) is 11.1 Å². The molecule has 0 saturated heterocycles. The van der Waals surface area contributed by atoms with Gasteiger partial charge in [-0.25, -0.2) is 4.79 Å². The zero-order valence-electron chi connectivity index (χ0n) is 18.1. The number of fused-ring (bicyclic) bond motifs is 1. The van der Waals surface area contributed by atoms with Crippen LogP contribution in [0.4, 0.5) is 0 Å². The Hall–Kier alpha value is -3.48. The van der Waals surface area contributed by atoms with Crippen molar-refractivity contribution in [1.82, 2.24) is 9.80 Å². The molecule has 0 aliphatic carbocycles. The molecule has 1 heterocycles. The van der Waals surface area contributed by atoms with Gasteiger partial charge in [-0.3, -0.25) is 19.3 Å². The van der Waals surface area contributed by atoms with E-state index >= 15 is 0 Å². The number of ether oxygens (including phenoxy) is 1. The fraction of sp³-hybridized carbons (Fsp3) is 0.333. The second-order valence-corrected chi connectivity index (χ2v) is 8.00. The molecule has 2 aromatic rings. The minimum Gasteiger partial charge on any atom is -0.454 e. The number of rotatable bonds is 7. The Labute approximate surface area is 181 Å². The second kappa shape index (κ2) is 9.12.